The molecule has 1 saturated carbocycles. The maximum absolute atomic E-state index is 12.1. The normalized spacial score (nSPS) is 14.1. The van der Waals surface area contributed by atoms with Crippen LogP contribution in [0.3, 0.4) is 0 Å². The van der Waals surface area contributed by atoms with Crippen LogP contribution in [0.2, 0.25) is 0 Å². The van der Waals surface area contributed by atoms with Gasteiger partial charge in [-0.15, -0.1) is 5.10 Å². The average Bonchev–Trinajstić information content (AvgIpc) is 3.26. The number of aromatic nitrogens is 2. The third kappa shape index (κ3) is 2.88. The molecule has 4 nitrogen and oxygen atoms in total. The SMILES string of the molecule is Cc1cc(Br)ccc1NC(=O)c1ccc(C2CC2)nn1. The highest BCUT2D eigenvalue weighted by molar-refractivity contribution is 9.10. The molecule has 0 atom stereocenters. The molecule has 1 aromatic carbocycles. The smallest absolute Gasteiger partial charge is 0.276 e. The quantitative estimate of drug-likeness (QED) is 0.933. The number of nitrogens with one attached hydrogen (secondary N) is 1. The van der Waals surface area contributed by atoms with Crippen LogP contribution in [0.15, 0.2) is 34.8 Å². The van der Waals surface area contributed by atoms with Crippen molar-refractivity contribution < 1.29 is 4.79 Å². The van der Waals surface area contributed by atoms with Crippen LogP contribution in [0.5, 0.6) is 0 Å². The number of amides is 1. The Balaban J connectivity index is 1.74. The van der Waals surface area contributed by atoms with E-state index in [0.717, 1.165) is 21.4 Å². The Kier molecular flexibility index (Phi) is 3.53. The zero-order chi connectivity index (χ0) is 14.1. The van der Waals surface area contributed by atoms with Gasteiger partial charge in [0, 0.05) is 16.1 Å². The molecule has 1 heterocycles. The summed E-state index contributed by atoms with van der Waals surface area (Å²) in [5.74, 6) is 0.318. The molecule has 102 valence electrons. The number of hydrogen-bond acceptors (Lipinski definition) is 3. The third-order valence-corrected chi connectivity index (χ3v) is 3.84. The van der Waals surface area contributed by atoms with Gasteiger partial charge in [-0.25, -0.2) is 0 Å². The lowest BCUT2D eigenvalue weighted by atomic mass is 10.2. The molecule has 1 N–H and O–H groups in total. The average molecular weight is 332 g/mol. The van der Waals surface area contributed by atoms with Gasteiger partial charge >= 0.3 is 0 Å². The molecule has 1 aliphatic carbocycles. The first-order chi connectivity index (χ1) is 9.63. The summed E-state index contributed by atoms with van der Waals surface area (Å²) < 4.78 is 0.988. The summed E-state index contributed by atoms with van der Waals surface area (Å²) in [4.78, 5) is 12.1. The van der Waals surface area contributed by atoms with E-state index in [1.807, 2.05) is 31.2 Å². The topological polar surface area (TPSA) is 54.9 Å². The fourth-order valence-corrected chi connectivity index (χ4v) is 2.49. The van der Waals surface area contributed by atoms with Gasteiger partial charge in [-0.1, -0.05) is 15.9 Å². The Morgan fingerprint density at radius 1 is 1.25 bits per heavy atom. The fraction of sp³-hybridized carbons (Fsp3) is 0.267. The zero-order valence-electron chi connectivity index (χ0n) is 11.1. The first kappa shape index (κ1) is 13.2. The number of aryl methyl sites for hydroxylation is 1. The summed E-state index contributed by atoms with van der Waals surface area (Å²) in [5, 5.41) is 11.0. The monoisotopic (exact) mass is 331 g/mol. The Bertz CT molecular complexity index is 651. The molecule has 1 aliphatic rings. The second-order valence-corrected chi connectivity index (χ2v) is 5.95. The van der Waals surface area contributed by atoms with Crippen LogP contribution in [-0.4, -0.2) is 16.1 Å². The van der Waals surface area contributed by atoms with E-state index in [0.29, 0.717) is 11.6 Å². The Morgan fingerprint density at radius 2 is 2.05 bits per heavy atom. The number of carbonyl (C=O) groups is 1. The second kappa shape index (κ2) is 5.32. The van der Waals surface area contributed by atoms with Gasteiger partial charge in [0.2, 0.25) is 0 Å². The molecule has 5 heteroatoms. The molecule has 0 unspecified atom stereocenters. The van der Waals surface area contributed by atoms with Crippen molar-refractivity contribution in [3.8, 4) is 0 Å². The van der Waals surface area contributed by atoms with Crippen LogP contribution in [-0.2, 0) is 0 Å². The fourth-order valence-electron chi connectivity index (χ4n) is 2.01. The van der Waals surface area contributed by atoms with Crippen molar-refractivity contribution in [2.75, 3.05) is 5.32 Å². The lowest BCUT2D eigenvalue weighted by molar-refractivity contribution is 0.102. The van der Waals surface area contributed by atoms with Crippen molar-refractivity contribution in [1.29, 1.82) is 0 Å². The van der Waals surface area contributed by atoms with Crippen LogP contribution in [0.25, 0.3) is 0 Å². The van der Waals surface area contributed by atoms with Crippen molar-refractivity contribution in [3.63, 3.8) is 0 Å². The van der Waals surface area contributed by atoms with Crippen LogP contribution in [0.4, 0.5) is 5.69 Å². The molecule has 1 amide bonds. The van der Waals surface area contributed by atoms with Crippen molar-refractivity contribution >= 4 is 27.5 Å². The van der Waals surface area contributed by atoms with E-state index in [9.17, 15) is 4.79 Å². The van der Waals surface area contributed by atoms with Crippen molar-refractivity contribution in [3.05, 3.63) is 51.8 Å². The summed E-state index contributed by atoms with van der Waals surface area (Å²) in [5.41, 5.74) is 3.11. The number of nitrogens with zero attached hydrogens (tertiary/aromatic N) is 2. The molecular weight excluding hydrogens is 318 g/mol. The lowest BCUT2D eigenvalue weighted by Crippen LogP contribution is -2.15. The van der Waals surface area contributed by atoms with Gasteiger partial charge in [0.15, 0.2) is 5.69 Å². The maximum atomic E-state index is 12.1. The molecule has 0 radical (unpaired) electrons. The van der Waals surface area contributed by atoms with Gasteiger partial charge in [0.05, 0.1) is 5.69 Å². The second-order valence-electron chi connectivity index (χ2n) is 5.03. The van der Waals surface area contributed by atoms with Crippen molar-refractivity contribution in [2.24, 2.45) is 0 Å². The molecule has 0 spiro atoms. The molecule has 1 fully saturated rings. The minimum Gasteiger partial charge on any atom is -0.320 e. The predicted molar refractivity (Wildman–Crippen MR) is 80.8 cm³/mol. The van der Waals surface area contributed by atoms with Crippen molar-refractivity contribution in [2.45, 2.75) is 25.7 Å². The number of benzene rings is 1. The summed E-state index contributed by atoms with van der Waals surface area (Å²) in [6.07, 6.45) is 2.36. The predicted octanol–water partition coefficient (Wildman–Crippen LogP) is 3.68. The highest BCUT2D eigenvalue weighted by atomic mass is 79.9. The number of halogens is 1. The van der Waals surface area contributed by atoms with E-state index < -0.39 is 0 Å². The molecule has 1 aromatic heterocycles. The van der Waals surface area contributed by atoms with E-state index in [-0.39, 0.29) is 5.91 Å². The Morgan fingerprint density at radius 3 is 2.65 bits per heavy atom. The van der Waals surface area contributed by atoms with Gasteiger partial charge < -0.3 is 5.32 Å². The van der Waals surface area contributed by atoms with Gasteiger partial charge in [0.25, 0.3) is 5.91 Å². The largest absolute Gasteiger partial charge is 0.320 e. The molecule has 0 bridgehead atoms. The number of hydrogen-bond donors (Lipinski definition) is 1. The Labute approximate surface area is 125 Å². The highest BCUT2D eigenvalue weighted by Gasteiger charge is 2.25. The minimum atomic E-state index is -0.231. The molecule has 20 heavy (non-hydrogen) atoms. The van der Waals surface area contributed by atoms with E-state index >= 15 is 0 Å². The summed E-state index contributed by atoms with van der Waals surface area (Å²) in [6, 6.07) is 9.35. The molecule has 3 rings (SSSR count). The highest BCUT2D eigenvalue weighted by Crippen LogP contribution is 2.38. The zero-order valence-corrected chi connectivity index (χ0v) is 12.6. The summed E-state index contributed by atoms with van der Waals surface area (Å²) in [6.45, 7) is 1.95. The van der Waals surface area contributed by atoms with E-state index in [4.69, 9.17) is 0 Å². The van der Waals surface area contributed by atoms with E-state index in [2.05, 4.69) is 31.4 Å². The van der Waals surface area contributed by atoms with E-state index in [1.165, 1.54) is 12.8 Å². The molecule has 0 saturated heterocycles. The number of rotatable bonds is 3. The van der Waals surface area contributed by atoms with Gasteiger partial charge in [-0.3, -0.25) is 4.79 Å². The minimum absolute atomic E-state index is 0.231. The van der Waals surface area contributed by atoms with Crippen molar-refractivity contribution in [1.82, 2.24) is 10.2 Å². The summed E-state index contributed by atoms with van der Waals surface area (Å²) >= 11 is 3.40. The number of anilines is 1. The standard InChI is InChI=1S/C15H14BrN3O/c1-9-8-11(16)4-5-12(9)17-15(20)14-7-6-13(18-19-14)10-2-3-10/h4-8,10H,2-3H2,1H3,(H,17,20). The third-order valence-electron chi connectivity index (χ3n) is 3.35. The van der Waals surface area contributed by atoms with E-state index in [1.54, 1.807) is 6.07 Å². The molecular formula is C15H14BrN3O. The molecule has 0 aliphatic heterocycles. The summed E-state index contributed by atoms with van der Waals surface area (Å²) in [7, 11) is 0. The van der Waals surface area contributed by atoms with Crippen LogP contribution < -0.4 is 5.32 Å². The molecule has 2 aromatic rings. The van der Waals surface area contributed by atoms with Gasteiger partial charge in [0.1, 0.15) is 0 Å². The maximum Gasteiger partial charge on any atom is 0.276 e. The van der Waals surface area contributed by atoms with Crippen LogP contribution >= 0.6 is 15.9 Å². The first-order valence-corrected chi connectivity index (χ1v) is 7.34. The van der Waals surface area contributed by atoms with Gasteiger partial charge in [-0.2, -0.15) is 5.10 Å². The van der Waals surface area contributed by atoms with Gasteiger partial charge in [-0.05, 0) is 55.7 Å². The first-order valence-electron chi connectivity index (χ1n) is 6.54. The Hall–Kier alpha value is -1.75. The van der Waals surface area contributed by atoms with Crippen LogP contribution in [0, 0.1) is 6.92 Å². The number of carbonyl (C=O) groups excluding carboxylic acids is 1. The van der Waals surface area contributed by atoms with Crippen LogP contribution in [0.1, 0.15) is 40.5 Å². The lowest BCUT2D eigenvalue weighted by Gasteiger charge is -2.08.